The van der Waals surface area contributed by atoms with Gasteiger partial charge in [-0.2, -0.15) is 23.4 Å². The van der Waals surface area contributed by atoms with Gasteiger partial charge in [0.2, 0.25) is 5.13 Å². The van der Waals surface area contributed by atoms with E-state index in [0.29, 0.717) is 4.88 Å². The number of aromatic nitrogens is 3. The van der Waals surface area contributed by atoms with Gasteiger partial charge in [0.25, 0.3) is 5.91 Å². The van der Waals surface area contributed by atoms with Gasteiger partial charge in [-0.3, -0.25) is 4.79 Å². The molecular weight excluding hydrogens is 447 g/mol. The number of hydrazone groups is 1. The van der Waals surface area contributed by atoms with Crippen molar-refractivity contribution in [2.24, 2.45) is 5.10 Å². The number of amides is 1. The Labute approximate surface area is 182 Å². The Bertz CT molecular complexity index is 1240. The first-order chi connectivity index (χ1) is 14.8. The van der Waals surface area contributed by atoms with E-state index in [9.17, 15) is 18.0 Å². The number of aryl methyl sites for hydroxylation is 1. The van der Waals surface area contributed by atoms with E-state index >= 15 is 0 Å². The first-order valence-corrected chi connectivity index (χ1v) is 10.6. The SMILES string of the molecule is Cc1cccc(/C=N\NC(=O)c2csc(-n3nc(C(F)(F)F)cc3-c3cccs3)n2)c1. The Morgan fingerprint density at radius 1 is 1.19 bits per heavy atom. The van der Waals surface area contributed by atoms with Crippen LogP contribution in [-0.4, -0.2) is 26.9 Å². The summed E-state index contributed by atoms with van der Waals surface area (Å²) >= 11 is 2.29. The van der Waals surface area contributed by atoms with Crippen LogP contribution < -0.4 is 5.43 Å². The lowest BCUT2D eigenvalue weighted by atomic mass is 10.2. The number of alkyl halides is 3. The van der Waals surface area contributed by atoms with E-state index in [0.717, 1.165) is 33.2 Å². The molecule has 0 aliphatic carbocycles. The molecule has 6 nitrogen and oxygen atoms in total. The molecule has 0 radical (unpaired) electrons. The quantitative estimate of drug-likeness (QED) is 0.330. The van der Waals surface area contributed by atoms with Gasteiger partial charge in [-0.15, -0.1) is 22.7 Å². The van der Waals surface area contributed by atoms with E-state index in [2.05, 4.69) is 20.6 Å². The number of thiazole rings is 1. The predicted octanol–water partition coefficient (Wildman–Crippen LogP) is 5.15. The molecule has 158 valence electrons. The highest BCUT2D eigenvalue weighted by Crippen LogP contribution is 2.35. The van der Waals surface area contributed by atoms with Crippen molar-refractivity contribution >= 4 is 34.8 Å². The van der Waals surface area contributed by atoms with Crippen molar-refractivity contribution in [2.75, 3.05) is 0 Å². The third kappa shape index (κ3) is 4.72. The highest BCUT2D eigenvalue weighted by atomic mass is 32.1. The minimum Gasteiger partial charge on any atom is -0.266 e. The lowest BCUT2D eigenvalue weighted by Gasteiger charge is -2.02. The lowest BCUT2D eigenvalue weighted by Crippen LogP contribution is -2.18. The largest absolute Gasteiger partial charge is 0.435 e. The van der Waals surface area contributed by atoms with Crippen LogP contribution in [0.4, 0.5) is 13.2 Å². The normalized spacial score (nSPS) is 11.9. The molecule has 11 heteroatoms. The monoisotopic (exact) mass is 461 g/mol. The molecule has 0 saturated carbocycles. The van der Waals surface area contributed by atoms with Crippen molar-refractivity contribution in [1.82, 2.24) is 20.2 Å². The minimum absolute atomic E-state index is 0.0302. The van der Waals surface area contributed by atoms with Gasteiger partial charge in [0, 0.05) is 5.38 Å². The first kappa shape index (κ1) is 20.9. The molecule has 0 bridgehead atoms. The molecule has 0 spiro atoms. The maximum absolute atomic E-state index is 13.2. The van der Waals surface area contributed by atoms with Gasteiger partial charge in [0.05, 0.1) is 16.8 Å². The van der Waals surface area contributed by atoms with Crippen LogP contribution in [0.15, 0.2) is 58.3 Å². The molecule has 0 aliphatic heterocycles. The molecule has 0 atom stereocenters. The molecule has 4 aromatic rings. The molecule has 0 unspecified atom stereocenters. The van der Waals surface area contributed by atoms with Crippen LogP contribution in [0.5, 0.6) is 0 Å². The molecule has 0 aliphatic rings. The molecule has 4 rings (SSSR count). The van der Waals surface area contributed by atoms with E-state index in [1.54, 1.807) is 17.5 Å². The van der Waals surface area contributed by atoms with E-state index in [1.807, 2.05) is 31.2 Å². The maximum atomic E-state index is 13.2. The minimum atomic E-state index is -4.60. The number of carbonyl (C=O) groups is 1. The van der Waals surface area contributed by atoms with Gasteiger partial charge in [-0.05, 0) is 30.0 Å². The fourth-order valence-electron chi connectivity index (χ4n) is 2.70. The van der Waals surface area contributed by atoms with Crippen LogP contribution in [0, 0.1) is 6.92 Å². The highest BCUT2D eigenvalue weighted by molar-refractivity contribution is 7.13. The third-order valence-corrected chi connectivity index (χ3v) is 5.81. The number of thiophene rings is 1. The summed E-state index contributed by atoms with van der Waals surface area (Å²) in [5, 5.41) is 10.9. The number of nitrogens with one attached hydrogen (secondary N) is 1. The fourth-order valence-corrected chi connectivity index (χ4v) is 4.20. The van der Waals surface area contributed by atoms with E-state index < -0.39 is 17.8 Å². The Hall–Kier alpha value is -3.31. The van der Waals surface area contributed by atoms with Crippen LogP contribution >= 0.6 is 22.7 Å². The average Bonchev–Trinajstić information content (AvgIpc) is 3.46. The van der Waals surface area contributed by atoms with E-state index in [-0.39, 0.29) is 16.5 Å². The third-order valence-electron chi connectivity index (χ3n) is 4.10. The van der Waals surface area contributed by atoms with Crippen molar-refractivity contribution in [2.45, 2.75) is 13.1 Å². The Balaban J connectivity index is 1.57. The predicted molar refractivity (Wildman–Crippen MR) is 114 cm³/mol. The Morgan fingerprint density at radius 2 is 2.03 bits per heavy atom. The van der Waals surface area contributed by atoms with Crippen LogP contribution in [-0.2, 0) is 6.18 Å². The Morgan fingerprint density at radius 3 is 2.74 bits per heavy atom. The molecule has 0 saturated heterocycles. The number of carbonyl (C=O) groups excluding carboxylic acids is 1. The second-order valence-corrected chi connectivity index (χ2v) is 8.21. The summed E-state index contributed by atoms with van der Waals surface area (Å²) in [6, 6.07) is 12.0. The van der Waals surface area contributed by atoms with Gasteiger partial charge in [0.15, 0.2) is 5.69 Å². The second-order valence-electron chi connectivity index (χ2n) is 6.43. The standard InChI is InChI=1S/C20H14F3N5OS2/c1-12-4-2-5-13(8-12)10-24-26-18(29)14-11-31-19(25-14)28-15(16-6-3-7-30-16)9-17(27-28)20(21,22)23/h2-11H,1H3,(H,26,29)/b24-10-. The summed E-state index contributed by atoms with van der Waals surface area (Å²) in [5.41, 5.74) is 3.49. The van der Waals surface area contributed by atoms with Crippen LogP contribution in [0.3, 0.4) is 0 Å². The van der Waals surface area contributed by atoms with Gasteiger partial charge in [-0.25, -0.2) is 15.1 Å². The zero-order valence-corrected chi connectivity index (χ0v) is 17.6. The first-order valence-electron chi connectivity index (χ1n) is 8.88. The zero-order valence-electron chi connectivity index (χ0n) is 15.9. The van der Waals surface area contributed by atoms with Gasteiger partial charge >= 0.3 is 6.18 Å². The number of hydrogen-bond donors (Lipinski definition) is 1. The molecule has 31 heavy (non-hydrogen) atoms. The molecule has 1 amide bonds. The summed E-state index contributed by atoms with van der Waals surface area (Å²) in [7, 11) is 0. The number of benzene rings is 1. The number of rotatable bonds is 5. The molecule has 0 fully saturated rings. The smallest absolute Gasteiger partial charge is 0.266 e. The second kappa shape index (κ2) is 8.44. The van der Waals surface area contributed by atoms with Crippen molar-refractivity contribution in [3.05, 3.63) is 75.7 Å². The summed E-state index contributed by atoms with van der Waals surface area (Å²) in [6.45, 7) is 1.94. The Kier molecular flexibility index (Phi) is 5.70. The summed E-state index contributed by atoms with van der Waals surface area (Å²) < 4.78 is 40.7. The molecule has 3 heterocycles. The summed E-state index contributed by atoms with van der Waals surface area (Å²) in [5.74, 6) is -0.577. The van der Waals surface area contributed by atoms with Gasteiger partial charge in [0.1, 0.15) is 5.69 Å². The number of nitrogens with zero attached hydrogens (tertiary/aromatic N) is 4. The number of halogens is 3. The number of hydrogen-bond acceptors (Lipinski definition) is 6. The van der Waals surface area contributed by atoms with Gasteiger partial charge < -0.3 is 0 Å². The lowest BCUT2D eigenvalue weighted by molar-refractivity contribution is -0.141. The van der Waals surface area contributed by atoms with Crippen molar-refractivity contribution in [3.63, 3.8) is 0 Å². The molecule has 1 N–H and O–H groups in total. The van der Waals surface area contributed by atoms with Crippen LogP contribution in [0.2, 0.25) is 0 Å². The fraction of sp³-hybridized carbons (Fsp3) is 0.100. The van der Waals surface area contributed by atoms with Gasteiger partial charge in [-0.1, -0.05) is 35.9 Å². The average molecular weight is 461 g/mol. The highest BCUT2D eigenvalue weighted by Gasteiger charge is 2.35. The van der Waals surface area contributed by atoms with E-state index in [4.69, 9.17) is 0 Å². The van der Waals surface area contributed by atoms with E-state index in [1.165, 1.54) is 22.9 Å². The topological polar surface area (TPSA) is 72.2 Å². The van der Waals surface area contributed by atoms with Crippen molar-refractivity contribution < 1.29 is 18.0 Å². The molecule has 3 aromatic heterocycles. The zero-order chi connectivity index (χ0) is 22.0. The van der Waals surface area contributed by atoms with Crippen LogP contribution in [0.1, 0.15) is 27.3 Å². The van der Waals surface area contributed by atoms with Crippen molar-refractivity contribution in [3.8, 4) is 15.7 Å². The van der Waals surface area contributed by atoms with Crippen molar-refractivity contribution in [1.29, 1.82) is 0 Å². The summed E-state index contributed by atoms with van der Waals surface area (Å²) in [4.78, 5) is 17.1. The molecule has 1 aromatic carbocycles. The van der Waals surface area contributed by atoms with Crippen LogP contribution in [0.25, 0.3) is 15.7 Å². The maximum Gasteiger partial charge on any atom is 0.435 e. The molecular formula is C20H14F3N5OS2. The summed E-state index contributed by atoms with van der Waals surface area (Å²) in [6.07, 6.45) is -3.10.